The number of oxime groups is 1. The third-order valence-electron chi connectivity index (χ3n) is 4.32. The fourth-order valence-corrected chi connectivity index (χ4v) is 3.13. The smallest absolute Gasteiger partial charge is 0.503 e. The third-order valence-corrected chi connectivity index (χ3v) is 4.63. The Kier molecular flexibility index (Phi) is 8.54. The SMILES string of the molecule is CO/C=C(/C(=O)OC)c1cccc(C)c1CO/N=C(\C)c1ccc(OC(F)(F)F)cc1Cl. The van der Waals surface area contributed by atoms with Crippen LogP contribution in [0.3, 0.4) is 0 Å². The molecule has 0 aliphatic heterocycles. The van der Waals surface area contributed by atoms with E-state index in [4.69, 9.17) is 25.9 Å². The highest BCUT2D eigenvalue weighted by atomic mass is 35.5. The standard InChI is InChI=1S/C22H21ClF3NO5/c1-13-6-5-7-17(19(11-29-3)21(28)30-4)18(13)12-31-27-14(2)16-9-8-15(10-20(16)23)32-22(24,25)26/h5-11H,12H2,1-4H3/b19-11+,27-14+. The van der Waals surface area contributed by atoms with Gasteiger partial charge in [-0.1, -0.05) is 35.0 Å². The average Bonchev–Trinajstić information content (AvgIpc) is 2.71. The topological polar surface area (TPSA) is 66.4 Å². The van der Waals surface area contributed by atoms with Crippen molar-refractivity contribution < 1.29 is 37.0 Å². The van der Waals surface area contributed by atoms with E-state index in [-0.39, 0.29) is 17.2 Å². The Morgan fingerprint density at radius 2 is 1.88 bits per heavy atom. The van der Waals surface area contributed by atoms with E-state index >= 15 is 0 Å². The Bertz CT molecular complexity index is 1030. The first-order chi connectivity index (χ1) is 15.1. The number of halogens is 4. The van der Waals surface area contributed by atoms with E-state index in [0.29, 0.717) is 22.4 Å². The second-order valence-corrected chi connectivity index (χ2v) is 6.91. The summed E-state index contributed by atoms with van der Waals surface area (Å²) in [4.78, 5) is 17.6. The summed E-state index contributed by atoms with van der Waals surface area (Å²) in [7, 11) is 2.68. The molecule has 0 aliphatic carbocycles. The monoisotopic (exact) mass is 471 g/mol. The zero-order valence-electron chi connectivity index (χ0n) is 17.7. The van der Waals surface area contributed by atoms with Gasteiger partial charge >= 0.3 is 12.3 Å². The molecule has 2 rings (SSSR count). The van der Waals surface area contributed by atoms with Crippen molar-refractivity contribution in [1.29, 1.82) is 0 Å². The summed E-state index contributed by atoms with van der Waals surface area (Å²) < 4.78 is 50.7. The molecule has 0 fully saturated rings. The first-order valence-electron chi connectivity index (χ1n) is 9.19. The van der Waals surface area contributed by atoms with Crippen LogP contribution in [0.1, 0.15) is 29.2 Å². The molecule has 10 heteroatoms. The normalized spacial score (nSPS) is 12.4. The predicted molar refractivity (Wildman–Crippen MR) is 113 cm³/mol. The van der Waals surface area contributed by atoms with Crippen molar-refractivity contribution in [2.45, 2.75) is 26.8 Å². The molecule has 2 aromatic rings. The number of nitrogens with zero attached hydrogens (tertiary/aromatic N) is 1. The lowest BCUT2D eigenvalue weighted by atomic mass is 9.97. The van der Waals surface area contributed by atoms with Crippen LogP contribution >= 0.6 is 11.6 Å². The molecule has 2 aromatic carbocycles. The Hall–Kier alpha value is -3.20. The van der Waals surface area contributed by atoms with Gasteiger partial charge in [0, 0.05) is 11.1 Å². The van der Waals surface area contributed by atoms with Gasteiger partial charge in [-0.3, -0.25) is 0 Å². The highest BCUT2D eigenvalue weighted by Crippen LogP contribution is 2.28. The molecule has 6 nitrogen and oxygen atoms in total. The van der Waals surface area contributed by atoms with E-state index in [1.54, 1.807) is 19.1 Å². The molecule has 0 radical (unpaired) electrons. The van der Waals surface area contributed by atoms with Crippen LogP contribution < -0.4 is 4.74 Å². The van der Waals surface area contributed by atoms with Crippen molar-refractivity contribution in [2.24, 2.45) is 5.16 Å². The Labute approximate surface area is 188 Å². The highest BCUT2D eigenvalue weighted by Gasteiger charge is 2.31. The van der Waals surface area contributed by atoms with E-state index in [1.165, 1.54) is 26.5 Å². The lowest BCUT2D eigenvalue weighted by molar-refractivity contribution is -0.274. The van der Waals surface area contributed by atoms with Gasteiger partial charge < -0.3 is 19.0 Å². The lowest BCUT2D eigenvalue weighted by Crippen LogP contribution is -2.17. The van der Waals surface area contributed by atoms with Crippen molar-refractivity contribution >= 4 is 28.9 Å². The van der Waals surface area contributed by atoms with Crippen LogP contribution in [0, 0.1) is 6.92 Å². The Morgan fingerprint density at radius 3 is 2.47 bits per heavy atom. The second kappa shape index (κ2) is 10.9. The van der Waals surface area contributed by atoms with E-state index in [1.807, 2.05) is 13.0 Å². The van der Waals surface area contributed by atoms with Crippen LogP contribution in [0.5, 0.6) is 5.75 Å². The number of hydrogen-bond donors (Lipinski definition) is 0. The zero-order valence-corrected chi connectivity index (χ0v) is 18.5. The number of methoxy groups -OCH3 is 2. The summed E-state index contributed by atoms with van der Waals surface area (Å²) >= 11 is 6.07. The summed E-state index contributed by atoms with van der Waals surface area (Å²) in [6.45, 7) is 3.44. The maximum atomic E-state index is 12.4. The van der Waals surface area contributed by atoms with E-state index in [0.717, 1.165) is 17.7 Å². The van der Waals surface area contributed by atoms with Gasteiger partial charge in [0.05, 0.1) is 31.2 Å². The minimum atomic E-state index is -4.82. The first-order valence-corrected chi connectivity index (χ1v) is 9.57. The predicted octanol–water partition coefficient (Wildman–Crippen LogP) is 5.65. The second-order valence-electron chi connectivity index (χ2n) is 6.50. The molecule has 0 aromatic heterocycles. The fraction of sp³-hybridized carbons (Fsp3) is 0.273. The maximum Gasteiger partial charge on any atom is 0.573 e. The fourth-order valence-electron chi connectivity index (χ4n) is 2.82. The number of carbonyl (C=O) groups is 1. The number of esters is 1. The molecule has 172 valence electrons. The van der Waals surface area contributed by atoms with Crippen LogP contribution in [0.4, 0.5) is 13.2 Å². The van der Waals surface area contributed by atoms with Crippen molar-refractivity contribution in [2.75, 3.05) is 14.2 Å². The minimum Gasteiger partial charge on any atom is -0.503 e. The van der Waals surface area contributed by atoms with Crippen molar-refractivity contribution in [3.63, 3.8) is 0 Å². The zero-order chi connectivity index (χ0) is 23.9. The van der Waals surface area contributed by atoms with E-state index in [2.05, 4.69) is 9.89 Å². The van der Waals surface area contributed by atoms with Gasteiger partial charge in [0.2, 0.25) is 0 Å². The number of ether oxygens (including phenoxy) is 3. The molecular formula is C22H21ClF3NO5. The van der Waals surface area contributed by atoms with Crippen LogP contribution in [0.2, 0.25) is 5.02 Å². The van der Waals surface area contributed by atoms with Gasteiger partial charge in [-0.25, -0.2) is 4.79 Å². The Morgan fingerprint density at radius 1 is 1.16 bits per heavy atom. The first kappa shape index (κ1) is 25.1. The maximum absolute atomic E-state index is 12.4. The molecule has 0 aliphatic rings. The summed E-state index contributed by atoms with van der Waals surface area (Å²) in [6, 6.07) is 8.87. The number of benzene rings is 2. The number of carbonyl (C=O) groups excluding carboxylic acids is 1. The van der Waals surface area contributed by atoms with E-state index < -0.39 is 18.1 Å². The van der Waals surface area contributed by atoms with Crippen molar-refractivity contribution in [3.05, 3.63) is 69.9 Å². The van der Waals surface area contributed by atoms with Crippen LogP contribution in [-0.2, 0) is 25.7 Å². The molecule has 32 heavy (non-hydrogen) atoms. The molecule has 0 unspecified atom stereocenters. The Balaban J connectivity index is 2.24. The number of aryl methyl sites for hydroxylation is 1. The summed E-state index contributed by atoms with van der Waals surface area (Å²) in [5, 5.41) is 4.03. The van der Waals surface area contributed by atoms with Crippen molar-refractivity contribution in [3.8, 4) is 5.75 Å². The molecule has 0 saturated heterocycles. The molecule has 0 saturated carbocycles. The van der Waals surface area contributed by atoms with E-state index in [9.17, 15) is 18.0 Å². The molecule has 0 N–H and O–H groups in total. The quantitative estimate of drug-likeness (QED) is 0.164. The molecule has 0 bridgehead atoms. The number of alkyl halides is 3. The summed E-state index contributed by atoms with van der Waals surface area (Å²) in [5.41, 5.74) is 3.00. The average molecular weight is 472 g/mol. The van der Waals surface area contributed by atoms with Crippen LogP contribution in [0.15, 0.2) is 47.8 Å². The van der Waals surface area contributed by atoms with Gasteiger partial charge in [0.1, 0.15) is 17.9 Å². The minimum absolute atomic E-state index is 0.00425. The van der Waals surface area contributed by atoms with Gasteiger partial charge in [0.25, 0.3) is 0 Å². The largest absolute Gasteiger partial charge is 0.573 e. The lowest BCUT2D eigenvalue weighted by Gasteiger charge is -2.14. The molecule has 0 heterocycles. The molecule has 0 amide bonds. The van der Waals surface area contributed by atoms with Gasteiger partial charge in [0.15, 0.2) is 0 Å². The van der Waals surface area contributed by atoms with Gasteiger partial charge in [-0.15, -0.1) is 13.2 Å². The number of hydrogen-bond acceptors (Lipinski definition) is 6. The number of rotatable bonds is 8. The van der Waals surface area contributed by atoms with Gasteiger partial charge in [-0.2, -0.15) is 0 Å². The summed E-state index contributed by atoms with van der Waals surface area (Å²) in [6.07, 6.45) is -3.54. The molecular weight excluding hydrogens is 451 g/mol. The third kappa shape index (κ3) is 6.65. The summed E-state index contributed by atoms with van der Waals surface area (Å²) in [5.74, 6) is -1.02. The highest BCUT2D eigenvalue weighted by molar-refractivity contribution is 6.34. The van der Waals surface area contributed by atoms with Gasteiger partial charge in [-0.05, 0) is 43.2 Å². The van der Waals surface area contributed by atoms with Crippen LogP contribution in [-0.4, -0.2) is 32.3 Å². The molecule has 0 atom stereocenters. The van der Waals surface area contributed by atoms with Crippen LogP contribution in [0.25, 0.3) is 5.57 Å². The van der Waals surface area contributed by atoms with Crippen molar-refractivity contribution in [1.82, 2.24) is 0 Å². The molecule has 0 spiro atoms.